The molecule has 1 aromatic carbocycles. The molecule has 0 atom stereocenters. The van der Waals surface area contributed by atoms with E-state index in [0.29, 0.717) is 12.0 Å². The van der Waals surface area contributed by atoms with Gasteiger partial charge >= 0.3 is 5.97 Å². The van der Waals surface area contributed by atoms with Crippen molar-refractivity contribution < 1.29 is 15.0 Å². The van der Waals surface area contributed by atoms with Crippen molar-refractivity contribution in [3.8, 4) is 5.75 Å². The van der Waals surface area contributed by atoms with Crippen LogP contribution >= 0.6 is 11.6 Å². The smallest absolute Gasteiger partial charge is 0.336 e. The predicted molar refractivity (Wildman–Crippen MR) is 47.2 cm³/mol. The Morgan fingerprint density at radius 3 is 2.69 bits per heavy atom. The molecule has 0 aliphatic heterocycles. The minimum atomic E-state index is -1.06. The second-order valence-electron chi connectivity index (χ2n) is 2.56. The largest absolute Gasteiger partial charge is 0.871 e. The summed E-state index contributed by atoms with van der Waals surface area (Å²) in [6.45, 7) is 1.76. The highest BCUT2D eigenvalue weighted by Crippen LogP contribution is 2.28. The maximum atomic E-state index is 11.0. The first-order valence-electron chi connectivity index (χ1n) is 3.79. The molecule has 0 radical (unpaired) electrons. The summed E-state index contributed by atoms with van der Waals surface area (Å²) < 4.78 is 0. The monoisotopic (exact) mass is 199 g/mol. The highest BCUT2D eigenvalue weighted by Gasteiger charge is 2.11. The van der Waals surface area contributed by atoms with Crippen LogP contribution in [-0.2, 0) is 6.42 Å². The molecule has 0 bridgehead atoms. The zero-order valence-electron chi connectivity index (χ0n) is 7.00. The van der Waals surface area contributed by atoms with Gasteiger partial charge < -0.3 is 10.2 Å². The molecule has 0 saturated carbocycles. The third-order valence-corrected chi connectivity index (χ3v) is 2.21. The summed E-state index contributed by atoms with van der Waals surface area (Å²) in [6, 6.07) is 2.46. The molecular weight excluding hydrogens is 192 g/mol. The van der Waals surface area contributed by atoms with Crippen molar-refractivity contribution in [2.24, 2.45) is 0 Å². The maximum absolute atomic E-state index is 11.0. The Balaban J connectivity index is 3.38. The molecule has 0 aliphatic rings. The quantitative estimate of drug-likeness (QED) is 0.788. The van der Waals surface area contributed by atoms with E-state index in [0.717, 1.165) is 0 Å². The van der Waals surface area contributed by atoms with E-state index in [1.165, 1.54) is 12.1 Å². The number of hydrogen-bond donors (Lipinski definition) is 1. The molecule has 1 aromatic rings. The van der Waals surface area contributed by atoms with E-state index in [1.807, 2.05) is 0 Å². The molecule has 0 aliphatic carbocycles. The Morgan fingerprint density at radius 1 is 1.62 bits per heavy atom. The number of carboxylic acid groups (broad SMARTS) is 1. The van der Waals surface area contributed by atoms with Gasteiger partial charge in [0.15, 0.2) is 0 Å². The average molecular weight is 200 g/mol. The molecule has 0 unspecified atom stereocenters. The average Bonchev–Trinajstić information content (AvgIpc) is 2.09. The molecule has 0 saturated heterocycles. The van der Waals surface area contributed by atoms with Crippen LogP contribution in [-0.4, -0.2) is 11.1 Å². The first kappa shape index (κ1) is 9.86. The van der Waals surface area contributed by atoms with Crippen molar-refractivity contribution in [1.82, 2.24) is 0 Å². The lowest BCUT2D eigenvalue weighted by Gasteiger charge is -2.13. The van der Waals surface area contributed by atoms with Gasteiger partial charge in [0, 0.05) is 5.02 Å². The summed E-state index contributed by atoms with van der Waals surface area (Å²) in [6.07, 6.45) is 0.441. The standard InChI is InChI=1S/C9H9ClO3/c1-2-5-6(9(12)13)3-4-7(11)8(5)10/h3-4,11H,2H2,1H3,(H,12,13)/p-1. The topological polar surface area (TPSA) is 60.4 Å². The Morgan fingerprint density at radius 2 is 2.23 bits per heavy atom. The van der Waals surface area contributed by atoms with Crippen molar-refractivity contribution in [1.29, 1.82) is 0 Å². The van der Waals surface area contributed by atoms with Crippen LogP contribution in [0.25, 0.3) is 0 Å². The van der Waals surface area contributed by atoms with Gasteiger partial charge in [-0.25, -0.2) is 4.79 Å². The lowest BCUT2D eigenvalue weighted by atomic mass is 10.0. The third-order valence-electron chi connectivity index (χ3n) is 1.79. The summed E-state index contributed by atoms with van der Waals surface area (Å²) in [7, 11) is 0. The van der Waals surface area contributed by atoms with E-state index in [9.17, 15) is 9.90 Å². The molecule has 1 rings (SSSR count). The summed E-state index contributed by atoms with van der Waals surface area (Å²) in [5.74, 6) is -1.39. The van der Waals surface area contributed by atoms with Crippen molar-refractivity contribution in [3.63, 3.8) is 0 Å². The molecule has 0 aromatic heterocycles. The molecular formula is C9H8ClO3-. The van der Waals surface area contributed by atoms with Gasteiger partial charge in [0.2, 0.25) is 0 Å². The van der Waals surface area contributed by atoms with Gasteiger partial charge in [0.25, 0.3) is 0 Å². The van der Waals surface area contributed by atoms with Gasteiger partial charge in [0.05, 0.1) is 5.56 Å². The minimum absolute atomic E-state index is 0.0161. The number of carboxylic acids is 1. The Bertz CT molecular complexity index is 347. The van der Waals surface area contributed by atoms with Crippen LogP contribution in [0, 0.1) is 0 Å². The highest BCUT2D eigenvalue weighted by atomic mass is 35.5. The molecule has 70 valence electrons. The number of rotatable bonds is 2. The number of aromatic carboxylic acids is 1. The van der Waals surface area contributed by atoms with Crippen LogP contribution in [0.4, 0.5) is 0 Å². The molecule has 1 N–H and O–H groups in total. The fourth-order valence-electron chi connectivity index (χ4n) is 1.15. The van der Waals surface area contributed by atoms with E-state index in [-0.39, 0.29) is 16.3 Å². The third kappa shape index (κ3) is 1.75. The lowest BCUT2D eigenvalue weighted by molar-refractivity contribution is -0.268. The zero-order chi connectivity index (χ0) is 10.0. The maximum Gasteiger partial charge on any atom is 0.336 e. The summed E-state index contributed by atoms with van der Waals surface area (Å²) >= 11 is 5.67. The zero-order valence-corrected chi connectivity index (χ0v) is 7.76. The molecule has 0 fully saturated rings. The van der Waals surface area contributed by atoms with E-state index < -0.39 is 5.97 Å². The van der Waals surface area contributed by atoms with Gasteiger partial charge in [-0.05, 0) is 18.1 Å². The van der Waals surface area contributed by atoms with Crippen LogP contribution in [0.3, 0.4) is 0 Å². The number of benzene rings is 1. The highest BCUT2D eigenvalue weighted by molar-refractivity contribution is 6.33. The number of carbonyl (C=O) groups is 1. The molecule has 0 spiro atoms. The van der Waals surface area contributed by atoms with E-state index >= 15 is 0 Å². The van der Waals surface area contributed by atoms with Gasteiger partial charge in [-0.3, -0.25) is 0 Å². The van der Waals surface area contributed by atoms with Crippen molar-refractivity contribution >= 4 is 17.6 Å². The normalized spacial score (nSPS) is 10.0. The van der Waals surface area contributed by atoms with Crippen molar-refractivity contribution in [3.05, 3.63) is 28.3 Å². The second-order valence-corrected chi connectivity index (χ2v) is 2.94. The molecule has 3 nitrogen and oxygen atoms in total. The van der Waals surface area contributed by atoms with Crippen molar-refractivity contribution in [2.45, 2.75) is 13.3 Å². The molecule has 13 heavy (non-hydrogen) atoms. The van der Waals surface area contributed by atoms with Gasteiger partial charge in [-0.15, -0.1) is 0 Å². The summed E-state index contributed by atoms with van der Waals surface area (Å²) in [5.41, 5.74) is 0.508. The molecule has 0 amide bonds. The minimum Gasteiger partial charge on any atom is -0.871 e. The van der Waals surface area contributed by atoms with Crippen LogP contribution in [0.15, 0.2) is 12.1 Å². The Labute approximate surface area is 80.6 Å². The van der Waals surface area contributed by atoms with Gasteiger partial charge in [0.1, 0.15) is 0 Å². The van der Waals surface area contributed by atoms with E-state index in [2.05, 4.69) is 0 Å². The predicted octanol–water partition coefficient (Wildman–Crippen LogP) is 1.67. The first-order chi connectivity index (χ1) is 6.07. The number of hydrogen-bond acceptors (Lipinski definition) is 2. The van der Waals surface area contributed by atoms with Gasteiger partial charge in [-0.2, -0.15) is 0 Å². The van der Waals surface area contributed by atoms with Crippen LogP contribution in [0.5, 0.6) is 5.75 Å². The first-order valence-corrected chi connectivity index (χ1v) is 4.17. The Kier molecular flexibility index (Phi) is 2.78. The van der Waals surface area contributed by atoms with Crippen LogP contribution in [0.2, 0.25) is 5.02 Å². The molecule has 0 heterocycles. The van der Waals surface area contributed by atoms with E-state index in [1.54, 1.807) is 6.92 Å². The van der Waals surface area contributed by atoms with E-state index in [4.69, 9.17) is 16.7 Å². The molecule has 4 heteroatoms. The van der Waals surface area contributed by atoms with Crippen LogP contribution in [0.1, 0.15) is 22.8 Å². The second kappa shape index (κ2) is 3.66. The fraction of sp³-hybridized carbons (Fsp3) is 0.222. The summed E-state index contributed by atoms with van der Waals surface area (Å²) in [4.78, 5) is 10.7. The number of halogens is 1. The summed E-state index contributed by atoms with van der Waals surface area (Å²) in [5, 5.41) is 19.8. The van der Waals surface area contributed by atoms with Gasteiger partial charge in [-0.1, -0.05) is 30.3 Å². The van der Waals surface area contributed by atoms with Crippen molar-refractivity contribution in [2.75, 3.05) is 0 Å². The lowest BCUT2D eigenvalue weighted by Crippen LogP contribution is -2.04. The SMILES string of the molecule is CCc1c(C(=O)O)ccc([O-])c1Cl. The van der Waals surface area contributed by atoms with Crippen LogP contribution < -0.4 is 5.11 Å². The fourth-order valence-corrected chi connectivity index (χ4v) is 1.44. The Hall–Kier alpha value is -1.22.